The summed E-state index contributed by atoms with van der Waals surface area (Å²) in [7, 11) is 0. The van der Waals surface area contributed by atoms with Crippen molar-refractivity contribution in [3.63, 3.8) is 0 Å². The molecule has 102 valence electrons. The van der Waals surface area contributed by atoms with E-state index in [0.29, 0.717) is 0 Å². The number of rotatable bonds is 6. The topological polar surface area (TPSA) is 3.24 Å². The van der Waals surface area contributed by atoms with Gasteiger partial charge in [0.1, 0.15) is 0 Å². The molecule has 0 heterocycles. The van der Waals surface area contributed by atoms with Crippen molar-refractivity contribution in [2.24, 2.45) is 17.8 Å². The van der Waals surface area contributed by atoms with E-state index in [9.17, 15) is 0 Å². The lowest BCUT2D eigenvalue weighted by Gasteiger charge is -2.27. The van der Waals surface area contributed by atoms with Gasteiger partial charge >= 0.3 is 0 Å². The molecule has 0 N–H and O–H groups in total. The fourth-order valence-electron chi connectivity index (χ4n) is 3.42. The van der Waals surface area contributed by atoms with Crippen molar-refractivity contribution in [3.05, 3.63) is 42.5 Å². The van der Waals surface area contributed by atoms with Crippen LogP contribution in [0.1, 0.15) is 26.2 Å². The fourth-order valence-corrected chi connectivity index (χ4v) is 4.54. The van der Waals surface area contributed by atoms with Gasteiger partial charge in [-0.3, -0.25) is 0 Å². The van der Waals surface area contributed by atoms with E-state index in [1.165, 1.54) is 37.2 Å². The van der Waals surface area contributed by atoms with Gasteiger partial charge in [0.25, 0.3) is 0 Å². The van der Waals surface area contributed by atoms with Gasteiger partial charge in [0.2, 0.25) is 0 Å². The average molecular weight is 273 g/mol. The number of fused-ring (bicyclic) bond motifs is 2. The van der Waals surface area contributed by atoms with Crippen LogP contribution in [0.2, 0.25) is 0 Å². The predicted molar refractivity (Wildman–Crippen MR) is 83.0 cm³/mol. The first-order chi connectivity index (χ1) is 9.35. The molecule has 0 radical (unpaired) electrons. The Balaban J connectivity index is 1.60. The lowest BCUT2D eigenvalue weighted by molar-refractivity contribution is 0.333. The Labute approximate surface area is 121 Å². The molecule has 0 amide bonds. The highest BCUT2D eigenvalue weighted by Gasteiger charge is 2.36. The predicted octanol–water partition coefficient (Wildman–Crippen LogP) is 4.62. The minimum atomic E-state index is 0.862. The SMILES string of the molecule is CCCN(CC1CC2C=CC1C2)Sc1ccccc1. The highest BCUT2D eigenvalue weighted by molar-refractivity contribution is 7.97. The molecule has 0 spiro atoms. The first kappa shape index (κ1) is 13.3. The smallest absolute Gasteiger partial charge is 0.0230 e. The molecule has 1 aromatic rings. The van der Waals surface area contributed by atoms with Gasteiger partial charge in [-0.25, -0.2) is 4.31 Å². The maximum absolute atomic E-state index is 2.58. The van der Waals surface area contributed by atoms with Crippen molar-refractivity contribution in [1.82, 2.24) is 4.31 Å². The van der Waals surface area contributed by atoms with E-state index in [1.807, 2.05) is 11.9 Å². The van der Waals surface area contributed by atoms with E-state index in [-0.39, 0.29) is 0 Å². The number of nitrogens with zero attached hydrogens (tertiary/aromatic N) is 1. The van der Waals surface area contributed by atoms with Crippen molar-refractivity contribution < 1.29 is 0 Å². The second kappa shape index (κ2) is 6.15. The molecule has 2 heteroatoms. The van der Waals surface area contributed by atoms with Crippen LogP contribution in [-0.2, 0) is 0 Å². The Morgan fingerprint density at radius 1 is 1.16 bits per heavy atom. The Morgan fingerprint density at radius 2 is 2.00 bits per heavy atom. The van der Waals surface area contributed by atoms with Crippen LogP contribution in [0, 0.1) is 17.8 Å². The molecule has 1 saturated carbocycles. The van der Waals surface area contributed by atoms with Gasteiger partial charge in [-0.05, 0) is 61.1 Å². The summed E-state index contributed by atoms with van der Waals surface area (Å²) in [4.78, 5) is 1.37. The zero-order valence-corrected chi connectivity index (χ0v) is 12.5. The van der Waals surface area contributed by atoms with E-state index in [2.05, 4.69) is 53.7 Å². The van der Waals surface area contributed by atoms with Crippen LogP contribution in [0.5, 0.6) is 0 Å². The molecule has 3 rings (SSSR count). The minimum absolute atomic E-state index is 0.862. The Hall–Kier alpha value is -0.730. The second-order valence-corrected chi connectivity index (χ2v) is 7.00. The minimum Gasteiger partial charge on any atom is -0.246 e. The molecule has 1 aromatic carbocycles. The van der Waals surface area contributed by atoms with E-state index >= 15 is 0 Å². The average Bonchev–Trinajstić information content (AvgIpc) is 3.02. The van der Waals surface area contributed by atoms with Crippen LogP contribution in [0.15, 0.2) is 47.4 Å². The van der Waals surface area contributed by atoms with Gasteiger partial charge in [-0.15, -0.1) is 0 Å². The van der Waals surface area contributed by atoms with Gasteiger partial charge in [-0.2, -0.15) is 0 Å². The zero-order chi connectivity index (χ0) is 13.1. The van der Waals surface area contributed by atoms with Crippen LogP contribution >= 0.6 is 11.9 Å². The van der Waals surface area contributed by atoms with E-state index in [0.717, 1.165) is 17.8 Å². The number of hydrogen-bond donors (Lipinski definition) is 0. The molecule has 0 aromatic heterocycles. The largest absolute Gasteiger partial charge is 0.246 e. The monoisotopic (exact) mass is 273 g/mol. The summed E-state index contributed by atoms with van der Waals surface area (Å²) >= 11 is 1.94. The summed E-state index contributed by atoms with van der Waals surface area (Å²) in [5, 5.41) is 0. The van der Waals surface area contributed by atoms with Gasteiger partial charge in [-0.1, -0.05) is 37.3 Å². The van der Waals surface area contributed by atoms with Gasteiger partial charge in [0.05, 0.1) is 0 Å². The molecule has 3 atom stereocenters. The van der Waals surface area contributed by atoms with Crippen molar-refractivity contribution in [1.29, 1.82) is 0 Å². The third-order valence-corrected chi connectivity index (χ3v) is 5.38. The third kappa shape index (κ3) is 3.24. The summed E-state index contributed by atoms with van der Waals surface area (Å²) in [6.07, 6.45) is 8.97. The van der Waals surface area contributed by atoms with Crippen LogP contribution in [0.4, 0.5) is 0 Å². The number of hydrogen-bond acceptors (Lipinski definition) is 2. The number of benzene rings is 1. The maximum atomic E-state index is 2.58. The molecule has 2 aliphatic rings. The molecule has 0 saturated heterocycles. The Kier molecular flexibility index (Phi) is 4.29. The molecule has 19 heavy (non-hydrogen) atoms. The molecular weight excluding hydrogens is 250 g/mol. The lowest BCUT2D eigenvalue weighted by Crippen LogP contribution is -2.26. The lowest BCUT2D eigenvalue weighted by atomic mass is 9.93. The first-order valence-electron chi connectivity index (χ1n) is 7.51. The van der Waals surface area contributed by atoms with Crippen LogP contribution in [0.3, 0.4) is 0 Å². The molecule has 0 aliphatic heterocycles. The quantitative estimate of drug-likeness (QED) is 0.549. The summed E-state index contributed by atoms with van der Waals surface area (Å²) in [6, 6.07) is 10.8. The molecule has 3 unspecified atom stereocenters. The Bertz CT molecular complexity index is 428. The number of allylic oxidation sites excluding steroid dienone is 2. The van der Waals surface area contributed by atoms with Crippen molar-refractivity contribution in [2.45, 2.75) is 31.1 Å². The zero-order valence-electron chi connectivity index (χ0n) is 11.7. The Morgan fingerprint density at radius 3 is 2.63 bits per heavy atom. The van der Waals surface area contributed by atoms with Crippen molar-refractivity contribution in [2.75, 3.05) is 13.1 Å². The highest BCUT2D eigenvalue weighted by Crippen LogP contribution is 2.44. The van der Waals surface area contributed by atoms with Crippen LogP contribution in [-0.4, -0.2) is 17.4 Å². The van der Waals surface area contributed by atoms with Crippen molar-refractivity contribution >= 4 is 11.9 Å². The standard InChI is InChI=1S/C17H23NS/c1-2-10-18(19-17-6-4-3-5-7-17)13-16-12-14-8-9-15(16)11-14/h3-9,14-16H,2,10-13H2,1H3. The second-order valence-electron chi connectivity index (χ2n) is 5.83. The molecule has 1 nitrogen and oxygen atoms in total. The van der Waals surface area contributed by atoms with Gasteiger partial charge in [0, 0.05) is 18.0 Å². The summed E-state index contributed by atoms with van der Waals surface area (Å²) in [6.45, 7) is 4.72. The van der Waals surface area contributed by atoms with E-state index < -0.39 is 0 Å². The van der Waals surface area contributed by atoms with Crippen molar-refractivity contribution in [3.8, 4) is 0 Å². The normalized spacial score (nSPS) is 28.4. The summed E-state index contributed by atoms with van der Waals surface area (Å²) < 4.78 is 2.58. The summed E-state index contributed by atoms with van der Waals surface area (Å²) in [5.41, 5.74) is 0. The van der Waals surface area contributed by atoms with E-state index in [1.54, 1.807) is 0 Å². The molecule has 2 bridgehead atoms. The molecule has 1 fully saturated rings. The van der Waals surface area contributed by atoms with Gasteiger partial charge < -0.3 is 0 Å². The van der Waals surface area contributed by atoms with Crippen LogP contribution < -0.4 is 0 Å². The summed E-state index contributed by atoms with van der Waals surface area (Å²) in [5.74, 6) is 2.64. The molecular formula is C17H23NS. The first-order valence-corrected chi connectivity index (χ1v) is 8.28. The highest BCUT2D eigenvalue weighted by atomic mass is 32.2. The van der Waals surface area contributed by atoms with Gasteiger partial charge in [0.15, 0.2) is 0 Å². The van der Waals surface area contributed by atoms with Crippen LogP contribution in [0.25, 0.3) is 0 Å². The van der Waals surface area contributed by atoms with E-state index in [4.69, 9.17) is 0 Å². The molecule has 2 aliphatic carbocycles. The maximum Gasteiger partial charge on any atom is 0.0230 e. The fraction of sp³-hybridized carbons (Fsp3) is 0.529. The third-order valence-electron chi connectivity index (χ3n) is 4.31.